The van der Waals surface area contributed by atoms with Crippen LogP contribution in [0.3, 0.4) is 0 Å². The standard InChI is InChI=1S/C52H59FN6O5S2/c1-36-33-46(21-22-47(36)54-42(35-65-45-11-6-5-7-12-45)23-26-57-27-24-52(3,62)25-28-57)66(63,64)55-41-17-19-43(20-18-41)58-29-31-59(32-30-58)44-10-8-9-39(34-44)49-48(51(60)61)37(2)56(4)50(49)38-13-15-40(53)16-14-38/h5-22,33-34,42,54-55,62H,23-32,35H2,1-4H3,(H,60,61)/t42-/m1/s1. The third kappa shape index (κ3) is 10.9. The van der Waals surface area contributed by atoms with E-state index in [1.54, 1.807) is 55.1 Å². The first-order chi connectivity index (χ1) is 31.6. The molecule has 8 rings (SSSR count). The molecular formula is C52H59FN6O5S2. The molecule has 2 aliphatic heterocycles. The van der Waals surface area contributed by atoms with E-state index in [4.69, 9.17) is 0 Å². The Morgan fingerprint density at radius 3 is 2.12 bits per heavy atom. The molecule has 66 heavy (non-hydrogen) atoms. The van der Waals surface area contributed by atoms with Crippen LogP contribution in [0.25, 0.3) is 22.4 Å². The molecule has 0 amide bonds. The van der Waals surface area contributed by atoms with Crippen molar-refractivity contribution in [2.75, 3.05) is 71.4 Å². The number of aliphatic hydroxyl groups is 1. The first-order valence-electron chi connectivity index (χ1n) is 22.6. The minimum absolute atomic E-state index is 0.145. The summed E-state index contributed by atoms with van der Waals surface area (Å²) in [6, 6.07) is 37.3. The second kappa shape index (κ2) is 20.0. The number of halogens is 1. The van der Waals surface area contributed by atoms with Crippen LogP contribution in [0, 0.1) is 19.7 Å². The van der Waals surface area contributed by atoms with E-state index < -0.39 is 21.6 Å². The Kier molecular flexibility index (Phi) is 14.1. The molecule has 3 heterocycles. The van der Waals surface area contributed by atoms with Gasteiger partial charge in [0.1, 0.15) is 5.82 Å². The highest BCUT2D eigenvalue weighted by atomic mass is 32.2. The van der Waals surface area contributed by atoms with E-state index in [-0.39, 0.29) is 22.3 Å². The number of nitrogens with one attached hydrogen (secondary N) is 2. The highest BCUT2D eigenvalue weighted by Gasteiger charge is 2.29. The summed E-state index contributed by atoms with van der Waals surface area (Å²) < 4.78 is 45.9. The van der Waals surface area contributed by atoms with Crippen LogP contribution in [-0.4, -0.2) is 97.3 Å². The largest absolute Gasteiger partial charge is 0.478 e. The summed E-state index contributed by atoms with van der Waals surface area (Å²) in [4.78, 5) is 21.0. The summed E-state index contributed by atoms with van der Waals surface area (Å²) in [5.41, 5.74) is 7.26. The zero-order chi connectivity index (χ0) is 46.6. The van der Waals surface area contributed by atoms with Crippen molar-refractivity contribution in [3.05, 3.63) is 144 Å². The van der Waals surface area contributed by atoms with Gasteiger partial charge in [-0.3, -0.25) is 4.72 Å². The third-order valence-corrected chi connectivity index (χ3v) is 15.6. The van der Waals surface area contributed by atoms with Gasteiger partial charge in [0.05, 0.1) is 21.8 Å². The maximum absolute atomic E-state index is 13.9. The van der Waals surface area contributed by atoms with Crippen molar-refractivity contribution in [1.82, 2.24) is 9.47 Å². The van der Waals surface area contributed by atoms with Crippen molar-refractivity contribution < 1.29 is 27.8 Å². The van der Waals surface area contributed by atoms with Crippen molar-refractivity contribution in [1.29, 1.82) is 0 Å². The van der Waals surface area contributed by atoms with Gasteiger partial charge in [-0.2, -0.15) is 0 Å². The molecule has 0 spiro atoms. The Balaban J connectivity index is 0.892. The smallest absolute Gasteiger partial charge is 0.338 e. The normalized spacial score (nSPS) is 16.0. The minimum Gasteiger partial charge on any atom is -0.478 e. The van der Waals surface area contributed by atoms with E-state index in [9.17, 15) is 27.8 Å². The first kappa shape index (κ1) is 46.7. The Morgan fingerprint density at radius 2 is 1.47 bits per heavy atom. The number of carboxylic acids is 1. The molecule has 1 aromatic heterocycles. The number of sulfonamides is 1. The topological polar surface area (TPSA) is 130 Å². The first-order valence-corrected chi connectivity index (χ1v) is 25.0. The number of likely N-dealkylation sites (tertiary alicyclic amines) is 1. The van der Waals surface area contributed by atoms with Crippen LogP contribution in [0.15, 0.2) is 131 Å². The van der Waals surface area contributed by atoms with Gasteiger partial charge in [0.2, 0.25) is 0 Å². The zero-order valence-corrected chi connectivity index (χ0v) is 39.6. The fraction of sp³-hybridized carbons (Fsp3) is 0.327. The number of hydrogen-bond donors (Lipinski definition) is 4. The van der Waals surface area contributed by atoms with Crippen LogP contribution in [0.4, 0.5) is 27.1 Å². The molecule has 2 fully saturated rings. The SMILES string of the molecule is Cc1cc(S(=O)(=O)Nc2ccc(N3CCN(c4cccc(-c5c(C(=O)O)c(C)n(C)c5-c5ccc(F)cc5)c4)CC3)cc2)ccc1N[C@H](CCN1CCC(C)(O)CC1)CSc1ccccc1. The van der Waals surface area contributed by atoms with E-state index in [1.165, 1.54) is 17.0 Å². The lowest BCUT2D eigenvalue weighted by Gasteiger charge is -2.37. The number of aryl methyl sites for hydroxylation is 1. The van der Waals surface area contributed by atoms with Crippen molar-refractivity contribution >= 4 is 50.5 Å². The fourth-order valence-electron chi connectivity index (χ4n) is 9.02. The van der Waals surface area contributed by atoms with Crippen molar-refractivity contribution in [3.8, 4) is 22.4 Å². The van der Waals surface area contributed by atoms with Crippen LogP contribution in [0.1, 0.15) is 47.8 Å². The zero-order valence-electron chi connectivity index (χ0n) is 38.0. The quantitative estimate of drug-likeness (QED) is 0.0697. The summed E-state index contributed by atoms with van der Waals surface area (Å²) in [5, 5.41) is 24.5. The number of piperidine rings is 1. The molecule has 2 aliphatic rings. The van der Waals surface area contributed by atoms with Crippen molar-refractivity contribution in [2.45, 2.75) is 61.5 Å². The fourth-order valence-corrected chi connectivity index (χ4v) is 11.2. The summed E-state index contributed by atoms with van der Waals surface area (Å²) >= 11 is 1.80. The van der Waals surface area contributed by atoms with Gasteiger partial charge in [0.15, 0.2) is 0 Å². The number of nitrogens with zero attached hydrogens (tertiary/aromatic N) is 4. The molecule has 1 atom stereocenters. The Labute approximate surface area is 392 Å². The number of benzene rings is 5. The van der Waals surface area contributed by atoms with Gasteiger partial charge >= 0.3 is 5.97 Å². The number of anilines is 4. The second-order valence-electron chi connectivity index (χ2n) is 17.8. The molecule has 14 heteroatoms. The number of carboxylic acid groups (broad SMARTS) is 1. The van der Waals surface area contributed by atoms with E-state index >= 15 is 0 Å². The van der Waals surface area contributed by atoms with Gasteiger partial charge in [0.25, 0.3) is 10.0 Å². The molecule has 5 aromatic carbocycles. The Morgan fingerprint density at radius 1 is 0.803 bits per heavy atom. The molecule has 4 N–H and O–H groups in total. The van der Waals surface area contributed by atoms with Crippen molar-refractivity contribution in [3.63, 3.8) is 0 Å². The maximum Gasteiger partial charge on any atom is 0.338 e. The van der Waals surface area contributed by atoms with Crippen LogP contribution >= 0.6 is 11.8 Å². The van der Waals surface area contributed by atoms with Gasteiger partial charge in [-0.25, -0.2) is 17.6 Å². The van der Waals surface area contributed by atoms with Crippen LogP contribution in [-0.2, 0) is 17.1 Å². The molecule has 0 saturated carbocycles. The monoisotopic (exact) mass is 930 g/mol. The van der Waals surface area contributed by atoms with E-state index in [1.807, 2.05) is 86.1 Å². The van der Waals surface area contributed by atoms with Gasteiger partial charge in [-0.15, -0.1) is 11.8 Å². The maximum atomic E-state index is 13.9. The van der Waals surface area contributed by atoms with Crippen LogP contribution in [0.5, 0.6) is 0 Å². The minimum atomic E-state index is -3.87. The highest BCUT2D eigenvalue weighted by Crippen LogP contribution is 2.40. The Bertz CT molecular complexity index is 2750. The van der Waals surface area contributed by atoms with Crippen molar-refractivity contribution in [2.24, 2.45) is 7.05 Å². The average Bonchev–Trinajstić information content (AvgIpc) is 3.58. The number of aromatic carboxylic acids is 1. The molecule has 0 bridgehead atoms. The lowest BCUT2D eigenvalue weighted by atomic mass is 9.94. The Hall–Kier alpha value is -5.80. The lowest BCUT2D eigenvalue weighted by molar-refractivity contribution is -0.00556. The van der Waals surface area contributed by atoms with E-state index in [0.717, 1.165) is 105 Å². The summed E-state index contributed by atoms with van der Waals surface area (Å²) in [6.45, 7) is 11.2. The molecule has 0 unspecified atom stereocenters. The molecule has 6 aromatic rings. The molecule has 0 aliphatic carbocycles. The third-order valence-electron chi connectivity index (χ3n) is 13.1. The molecule has 2 saturated heterocycles. The van der Waals surface area contributed by atoms with Gasteiger partial charge in [-0.05, 0) is 148 Å². The molecule has 11 nitrogen and oxygen atoms in total. The highest BCUT2D eigenvalue weighted by molar-refractivity contribution is 7.99. The number of carbonyl (C=O) groups is 1. The van der Waals surface area contributed by atoms with Gasteiger partial charge in [-0.1, -0.05) is 30.3 Å². The average molecular weight is 931 g/mol. The number of rotatable bonds is 16. The number of piperazine rings is 1. The van der Waals surface area contributed by atoms with E-state index in [0.29, 0.717) is 22.6 Å². The second-order valence-corrected chi connectivity index (χ2v) is 20.6. The molecule has 0 radical (unpaired) electrons. The summed E-state index contributed by atoms with van der Waals surface area (Å²) in [7, 11) is -2.03. The molecular weight excluding hydrogens is 872 g/mol. The predicted octanol–water partition coefficient (Wildman–Crippen LogP) is 9.75. The number of aromatic nitrogens is 1. The summed E-state index contributed by atoms with van der Waals surface area (Å²) in [6.07, 6.45) is 2.45. The number of thioether (sulfide) groups is 1. The van der Waals surface area contributed by atoms with Crippen LogP contribution < -0.4 is 19.8 Å². The predicted molar refractivity (Wildman–Crippen MR) is 266 cm³/mol. The number of hydrogen-bond acceptors (Lipinski definition) is 9. The van der Waals surface area contributed by atoms with E-state index in [2.05, 4.69) is 36.9 Å². The summed E-state index contributed by atoms with van der Waals surface area (Å²) in [5.74, 6) is -0.524. The van der Waals surface area contributed by atoms with Gasteiger partial charge in [0, 0.05) is 104 Å². The molecule has 346 valence electrons. The van der Waals surface area contributed by atoms with Crippen LogP contribution in [0.2, 0.25) is 0 Å². The lowest BCUT2D eigenvalue weighted by Crippen LogP contribution is -2.46. The van der Waals surface area contributed by atoms with Gasteiger partial charge < -0.3 is 34.8 Å².